The Bertz CT molecular complexity index is 250. The molecule has 1 aliphatic rings. The molecule has 1 heterocycles. The predicted molar refractivity (Wildman–Crippen MR) is 89.4 cm³/mol. The fourth-order valence-corrected chi connectivity index (χ4v) is 3.18. The highest BCUT2D eigenvalue weighted by Crippen LogP contribution is 2.19. The van der Waals surface area contributed by atoms with Crippen LogP contribution in [0, 0.1) is 0 Å². The van der Waals surface area contributed by atoms with Crippen molar-refractivity contribution in [3.8, 4) is 0 Å². The molecule has 0 aromatic heterocycles. The summed E-state index contributed by atoms with van der Waals surface area (Å²) in [4.78, 5) is 11.6. The van der Waals surface area contributed by atoms with Crippen LogP contribution in [0.25, 0.3) is 0 Å². The largest absolute Gasteiger partial charge is 0.462 e. The Morgan fingerprint density at radius 3 is 2.19 bits per heavy atom. The number of hydrogen-bond acceptors (Lipinski definition) is 2. The molecular formula is C19H36O2. The van der Waals surface area contributed by atoms with Crippen molar-refractivity contribution in [2.45, 2.75) is 116 Å². The summed E-state index contributed by atoms with van der Waals surface area (Å²) in [6, 6.07) is 0. The van der Waals surface area contributed by atoms with Crippen molar-refractivity contribution in [2.24, 2.45) is 0 Å². The van der Waals surface area contributed by atoms with Crippen LogP contribution in [0.1, 0.15) is 110 Å². The summed E-state index contributed by atoms with van der Waals surface area (Å²) in [5.74, 6) is 0.0397. The average Bonchev–Trinajstić information content (AvgIpc) is 2.57. The minimum Gasteiger partial charge on any atom is -0.462 e. The van der Waals surface area contributed by atoms with Crippen LogP contribution in [-0.4, -0.2) is 12.1 Å². The molecule has 0 spiro atoms. The zero-order valence-corrected chi connectivity index (χ0v) is 14.2. The van der Waals surface area contributed by atoms with Gasteiger partial charge in [-0.3, -0.25) is 4.79 Å². The Kier molecular flexibility index (Phi) is 11.6. The van der Waals surface area contributed by atoms with Crippen LogP contribution in [0.4, 0.5) is 0 Å². The molecule has 0 aromatic rings. The second-order valence-corrected chi connectivity index (χ2v) is 6.68. The Hall–Kier alpha value is -0.530. The molecule has 124 valence electrons. The average molecular weight is 296 g/mol. The smallest absolute Gasteiger partial charge is 0.306 e. The van der Waals surface area contributed by atoms with Crippen LogP contribution in [0.2, 0.25) is 0 Å². The van der Waals surface area contributed by atoms with Gasteiger partial charge in [0.2, 0.25) is 0 Å². The van der Waals surface area contributed by atoms with Gasteiger partial charge in [-0.2, -0.15) is 0 Å². The van der Waals surface area contributed by atoms with E-state index in [1.807, 2.05) is 0 Å². The van der Waals surface area contributed by atoms with E-state index in [-0.39, 0.29) is 12.1 Å². The third-order valence-corrected chi connectivity index (χ3v) is 4.58. The zero-order valence-electron chi connectivity index (χ0n) is 14.2. The van der Waals surface area contributed by atoms with Gasteiger partial charge in [0, 0.05) is 6.42 Å². The molecule has 1 aliphatic heterocycles. The molecule has 1 fully saturated rings. The maximum absolute atomic E-state index is 11.6. The van der Waals surface area contributed by atoms with Crippen LogP contribution in [0.5, 0.6) is 0 Å². The second kappa shape index (κ2) is 13.2. The third kappa shape index (κ3) is 10.8. The monoisotopic (exact) mass is 296 g/mol. The van der Waals surface area contributed by atoms with Crippen molar-refractivity contribution in [1.82, 2.24) is 0 Å². The minimum absolute atomic E-state index is 0.0397. The molecule has 0 aliphatic carbocycles. The van der Waals surface area contributed by atoms with Crippen molar-refractivity contribution in [3.05, 3.63) is 0 Å². The predicted octanol–water partition coefficient (Wildman–Crippen LogP) is 6.17. The summed E-state index contributed by atoms with van der Waals surface area (Å²) in [6.07, 6.45) is 20.0. The molecule has 21 heavy (non-hydrogen) atoms. The summed E-state index contributed by atoms with van der Waals surface area (Å²) in [6.45, 7) is 2.27. The molecule has 1 atom stereocenters. The number of carbonyl (C=O) groups is 1. The molecule has 1 saturated heterocycles. The van der Waals surface area contributed by atoms with E-state index in [0.29, 0.717) is 6.42 Å². The van der Waals surface area contributed by atoms with E-state index in [0.717, 1.165) is 19.3 Å². The standard InChI is InChI=1S/C19H36O2/c1-2-3-4-5-6-7-8-9-12-15-18-16-13-10-11-14-17-19(20)21-18/h18H,2-17H2,1H3. The normalized spacial score (nSPS) is 20.4. The second-order valence-electron chi connectivity index (χ2n) is 6.68. The molecule has 0 aromatic carbocycles. The van der Waals surface area contributed by atoms with Crippen LogP contribution in [0.15, 0.2) is 0 Å². The molecule has 0 bridgehead atoms. The first-order chi connectivity index (χ1) is 10.3. The molecule has 1 rings (SSSR count). The first-order valence-electron chi connectivity index (χ1n) is 9.52. The van der Waals surface area contributed by atoms with Gasteiger partial charge in [-0.1, -0.05) is 71.1 Å². The number of ether oxygens (including phenoxy) is 1. The Balaban J connectivity index is 1.98. The lowest BCUT2D eigenvalue weighted by atomic mass is 10.0. The van der Waals surface area contributed by atoms with E-state index >= 15 is 0 Å². The number of carbonyl (C=O) groups excluding carboxylic acids is 1. The SMILES string of the molecule is CCCCCCCCCCCC1CCCCCCC(=O)O1. The number of cyclic esters (lactones) is 1. The third-order valence-electron chi connectivity index (χ3n) is 4.58. The lowest BCUT2D eigenvalue weighted by molar-refractivity contribution is -0.149. The molecule has 0 radical (unpaired) electrons. The number of esters is 1. The van der Waals surface area contributed by atoms with E-state index in [4.69, 9.17) is 4.74 Å². The van der Waals surface area contributed by atoms with E-state index in [1.165, 1.54) is 77.0 Å². The fourth-order valence-electron chi connectivity index (χ4n) is 3.18. The summed E-state index contributed by atoms with van der Waals surface area (Å²) in [7, 11) is 0. The first kappa shape index (κ1) is 18.5. The van der Waals surface area contributed by atoms with E-state index < -0.39 is 0 Å². The number of rotatable bonds is 10. The summed E-state index contributed by atoms with van der Waals surface area (Å²) < 4.78 is 5.60. The van der Waals surface area contributed by atoms with Crippen molar-refractivity contribution < 1.29 is 9.53 Å². The molecule has 0 N–H and O–H groups in total. The molecule has 0 saturated carbocycles. The van der Waals surface area contributed by atoms with Crippen LogP contribution >= 0.6 is 0 Å². The quantitative estimate of drug-likeness (QED) is 0.356. The van der Waals surface area contributed by atoms with Gasteiger partial charge in [0.15, 0.2) is 0 Å². The summed E-state index contributed by atoms with van der Waals surface area (Å²) in [5, 5.41) is 0. The highest BCUT2D eigenvalue weighted by Gasteiger charge is 2.15. The van der Waals surface area contributed by atoms with Crippen LogP contribution in [0.3, 0.4) is 0 Å². The van der Waals surface area contributed by atoms with Gasteiger partial charge in [-0.15, -0.1) is 0 Å². The van der Waals surface area contributed by atoms with E-state index in [1.54, 1.807) is 0 Å². The summed E-state index contributed by atoms with van der Waals surface area (Å²) >= 11 is 0. The minimum atomic E-state index is 0.0397. The maximum atomic E-state index is 11.6. The zero-order chi connectivity index (χ0) is 15.2. The molecular weight excluding hydrogens is 260 g/mol. The topological polar surface area (TPSA) is 26.3 Å². The number of unbranched alkanes of at least 4 members (excludes halogenated alkanes) is 8. The fraction of sp³-hybridized carbons (Fsp3) is 0.947. The van der Waals surface area contributed by atoms with Crippen molar-refractivity contribution in [2.75, 3.05) is 0 Å². The van der Waals surface area contributed by atoms with E-state index in [9.17, 15) is 4.79 Å². The van der Waals surface area contributed by atoms with Crippen molar-refractivity contribution >= 4 is 5.97 Å². The maximum Gasteiger partial charge on any atom is 0.306 e. The summed E-state index contributed by atoms with van der Waals surface area (Å²) in [5.41, 5.74) is 0. The highest BCUT2D eigenvalue weighted by molar-refractivity contribution is 5.69. The van der Waals surface area contributed by atoms with Gasteiger partial charge in [-0.05, 0) is 32.1 Å². The van der Waals surface area contributed by atoms with Crippen LogP contribution in [-0.2, 0) is 9.53 Å². The van der Waals surface area contributed by atoms with Gasteiger partial charge < -0.3 is 4.74 Å². The van der Waals surface area contributed by atoms with Gasteiger partial charge in [-0.25, -0.2) is 0 Å². The Morgan fingerprint density at radius 1 is 0.857 bits per heavy atom. The van der Waals surface area contributed by atoms with Crippen molar-refractivity contribution in [3.63, 3.8) is 0 Å². The lowest BCUT2D eigenvalue weighted by Crippen LogP contribution is -2.17. The number of hydrogen-bond donors (Lipinski definition) is 0. The lowest BCUT2D eigenvalue weighted by Gasteiger charge is -2.16. The van der Waals surface area contributed by atoms with E-state index in [2.05, 4.69) is 6.92 Å². The van der Waals surface area contributed by atoms with Gasteiger partial charge in [0.25, 0.3) is 0 Å². The van der Waals surface area contributed by atoms with Gasteiger partial charge >= 0.3 is 5.97 Å². The van der Waals surface area contributed by atoms with Gasteiger partial charge in [0.05, 0.1) is 0 Å². The van der Waals surface area contributed by atoms with Crippen LogP contribution < -0.4 is 0 Å². The molecule has 0 amide bonds. The highest BCUT2D eigenvalue weighted by atomic mass is 16.5. The molecule has 2 nitrogen and oxygen atoms in total. The molecule has 2 heteroatoms. The van der Waals surface area contributed by atoms with Gasteiger partial charge in [0.1, 0.15) is 6.10 Å². The first-order valence-corrected chi connectivity index (χ1v) is 9.52. The molecule has 1 unspecified atom stereocenters. The van der Waals surface area contributed by atoms with Crippen molar-refractivity contribution in [1.29, 1.82) is 0 Å². The Morgan fingerprint density at radius 2 is 1.48 bits per heavy atom. The Labute approximate surface area is 132 Å².